The first-order valence-electron chi connectivity index (χ1n) is 9.61. The molecule has 1 aliphatic rings. The van der Waals surface area contributed by atoms with Gasteiger partial charge in [0.2, 0.25) is 10.0 Å². The van der Waals surface area contributed by atoms with Crippen LogP contribution in [0.1, 0.15) is 30.4 Å². The number of nitrogens with one attached hydrogen (secondary N) is 1. The smallest absolute Gasteiger partial charge is 0.258 e. The number of aryl methyl sites for hydroxylation is 1. The lowest BCUT2D eigenvalue weighted by Gasteiger charge is -2.25. The second kappa shape index (κ2) is 9.61. The van der Waals surface area contributed by atoms with Gasteiger partial charge < -0.3 is 10.1 Å². The van der Waals surface area contributed by atoms with Crippen molar-refractivity contribution in [2.75, 3.05) is 19.7 Å². The van der Waals surface area contributed by atoms with Crippen LogP contribution in [0.5, 0.6) is 5.75 Å². The molecule has 0 saturated carbocycles. The lowest BCUT2D eigenvalue weighted by molar-refractivity contribution is -0.123. The summed E-state index contributed by atoms with van der Waals surface area (Å²) in [6, 6.07) is 11.8. The number of rotatable bonds is 7. The molecule has 0 bridgehead atoms. The molecule has 1 aliphatic heterocycles. The number of carbonyl (C=O) groups excluding carboxylic acids is 1. The van der Waals surface area contributed by atoms with Crippen LogP contribution in [0.3, 0.4) is 0 Å². The second-order valence-electron chi connectivity index (χ2n) is 7.09. The lowest BCUT2D eigenvalue weighted by atomic mass is 10.2. The fourth-order valence-electron chi connectivity index (χ4n) is 3.14. The molecular weight excluding hydrogens is 412 g/mol. The van der Waals surface area contributed by atoms with Gasteiger partial charge in [-0.25, -0.2) is 8.42 Å². The molecule has 1 fully saturated rings. The van der Waals surface area contributed by atoms with Crippen LogP contribution < -0.4 is 10.1 Å². The van der Waals surface area contributed by atoms with E-state index in [1.54, 1.807) is 46.8 Å². The number of piperidine rings is 1. The predicted molar refractivity (Wildman–Crippen MR) is 113 cm³/mol. The summed E-state index contributed by atoms with van der Waals surface area (Å²) in [6.07, 6.45) is 2.88. The van der Waals surface area contributed by atoms with E-state index in [9.17, 15) is 13.2 Å². The number of amides is 1. The van der Waals surface area contributed by atoms with Crippen LogP contribution in [-0.2, 0) is 21.4 Å². The van der Waals surface area contributed by atoms with E-state index in [1.807, 2.05) is 6.92 Å². The number of ether oxygens (including phenoxy) is 1. The summed E-state index contributed by atoms with van der Waals surface area (Å²) < 4.78 is 32.3. The van der Waals surface area contributed by atoms with Gasteiger partial charge in [-0.05, 0) is 61.2 Å². The fourth-order valence-corrected chi connectivity index (χ4v) is 4.78. The number of carbonyl (C=O) groups is 1. The van der Waals surface area contributed by atoms with Gasteiger partial charge in [0, 0.05) is 24.7 Å². The molecule has 0 radical (unpaired) electrons. The summed E-state index contributed by atoms with van der Waals surface area (Å²) >= 11 is 5.97. The second-order valence-corrected chi connectivity index (χ2v) is 9.43. The van der Waals surface area contributed by atoms with Gasteiger partial charge in [-0.3, -0.25) is 4.79 Å². The Kier molecular flexibility index (Phi) is 7.16. The first-order chi connectivity index (χ1) is 13.9. The minimum absolute atomic E-state index is 0.109. The molecule has 2 aromatic rings. The Morgan fingerprint density at radius 3 is 2.45 bits per heavy atom. The highest BCUT2D eigenvalue weighted by Gasteiger charge is 2.25. The molecule has 0 atom stereocenters. The third-order valence-electron chi connectivity index (χ3n) is 4.87. The van der Waals surface area contributed by atoms with Gasteiger partial charge in [0.25, 0.3) is 5.91 Å². The van der Waals surface area contributed by atoms with E-state index in [1.165, 1.54) is 0 Å². The van der Waals surface area contributed by atoms with Gasteiger partial charge in [-0.1, -0.05) is 30.2 Å². The quantitative estimate of drug-likeness (QED) is 0.720. The highest BCUT2D eigenvalue weighted by atomic mass is 35.5. The zero-order valence-electron chi connectivity index (χ0n) is 16.4. The number of nitrogens with zero attached hydrogens (tertiary/aromatic N) is 1. The summed E-state index contributed by atoms with van der Waals surface area (Å²) in [4.78, 5) is 12.3. The van der Waals surface area contributed by atoms with Crippen LogP contribution >= 0.6 is 11.6 Å². The van der Waals surface area contributed by atoms with Crippen molar-refractivity contribution in [2.45, 2.75) is 37.6 Å². The van der Waals surface area contributed by atoms with Crippen molar-refractivity contribution in [1.29, 1.82) is 0 Å². The molecule has 0 unspecified atom stereocenters. The number of hydrogen-bond acceptors (Lipinski definition) is 4. The molecule has 1 N–H and O–H groups in total. The van der Waals surface area contributed by atoms with E-state index in [0.29, 0.717) is 30.4 Å². The Bertz CT molecular complexity index is 955. The Morgan fingerprint density at radius 1 is 1.10 bits per heavy atom. The average Bonchev–Trinajstić information content (AvgIpc) is 2.74. The van der Waals surface area contributed by atoms with Gasteiger partial charge in [0.05, 0.1) is 4.90 Å². The maximum atomic E-state index is 12.7. The first kappa shape index (κ1) is 21.6. The third-order valence-corrected chi connectivity index (χ3v) is 7.20. The van der Waals surface area contributed by atoms with Crippen molar-refractivity contribution in [2.24, 2.45) is 0 Å². The molecule has 1 saturated heterocycles. The van der Waals surface area contributed by atoms with E-state index >= 15 is 0 Å². The summed E-state index contributed by atoms with van der Waals surface area (Å²) in [6.45, 7) is 3.21. The molecule has 2 aromatic carbocycles. The summed E-state index contributed by atoms with van der Waals surface area (Å²) in [5, 5.41) is 3.41. The van der Waals surface area contributed by atoms with Crippen molar-refractivity contribution in [3.8, 4) is 5.75 Å². The monoisotopic (exact) mass is 436 g/mol. The predicted octanol–water partition coefficient (Wildman–Crippen LogP) is 3.52. The van der Waals surface area contributed by atoms with Crippen LogP contribution in [0.2, 0.25) is 5.02 Å². The minimum Gasteiger partial charge on any atom is -0.484 e. The van der Waals surface area contributed by atoms with Crippen molar-refractivity contribution >= 4 is 27.5 Å². The van der Waals surface area contributed by atoms with Crippen LogP contribution in [-0.4, -0.2) is 38.3 Å². The number of sulfonamides is 1. The molecule has 3 rings (SSSR count). The lowest BCUT2D eigenvalue weighted by Crippen LogP contribution is -2.35. The van der Waals surface area contributed by atoms with Crippen LogP contribution in [0.15, 0.2) is 47.4 Å². The molecule has 1 amide bonds. The summed E-state index contributed by atoms with van der Waals surface area (Å²) in [5.41, 5.74) is 1.70. The Hall–Kier alpha value is -2.09. The summed E-state index contributed by atoms with van der Waals surface area (Å²) in [5.74, 6) is 0.317. The van der Waals surface area contributed by atoms with E-state index in [0.717, 1.165) is 30.4 Å². The van der Waals surface area contributed by atoms with Crippen LogP contribution in [0.25, 0.3) is 0 Å². The Labute approximate surface area is 176 Å². The van der Waals surface area contributed by atoms with Crippen molar-refractivity contribution in [1.82, 2.24) is 9.62 Å². The number of hydrogen-bond donors (Lipinski definition) is 1. The van der Waals surface area contributed by atoms with Crippen molar-refractivity contribution < 1.29 is 17.9 Å². The zero-order valence-corrected chi connectivity index (χ0v) is 17.9. The van der Waals surface area contributed by atoms with E-state index in [2.05, 4.69) is 5.32 Å². The SMILES string of the molecule is Cc1cc(OCC(=O)NCc2ccc(S(=O)(=O)N3CCCCC3)cc2)ccc1Cl. The third kappa shape index (κ3) is 5.72. The van der Waals surface area contributed by atoms with Gasteiger partial charge in [-0.15, -0.1) is 0 Å². The molecule has 156 valence electrons. The minimum atomic E-state index is -3.44. The standard InChI is InChI=1S/C21H25ClN2O4S/c1-16-13-18(7-10-20(16)22)28-15-21(25)23-14-17-5-8-19(9-6-17)29(26,27)24-11-3-2-4-12-24/h5-10,13H,2-4,11-12,14-15H2,1H3,(H,23,25). The average molecular weight is 437 g/mol. The fraction of sp³-hybridized carbons (Fsp3) is 0.381. The zero-order chi connectivity index (χ0) is 20.9. The Morgan fingerprint density at radius 2 is 1.79 bits per heavy atom. The highest BCUT2D eigenvalue weighted by molar-refractivity contribution is 7.89. The molecular formula is C21H25ClN2O4S. The highest BCUT2D eigenvalue weighted by Crippen LogP contribution is 2.22. The van der Waals surface area contributed by atoms with Crippen LogP contribution in [0, 0.1) is 6.92 Å². The van der Waals surface area contributed by atoms with Gasteiger partial charge >= 0.3 is 0 Å². The van der Waals surface area contributed by atoms with E-state index in [-0.39, 0.29) is 17.4 Å². The Balaban J connectivity index is 1.50. The maximum Gasteiger partial charge on any atom is 0.258 e. The molecule has 29 heavy (non-hydrogen) atoms. The molecule has 8 heteroatoms. The van der Waals surface area contributed by atoms with E-state index in [4.69, 9.17) is 16.3 Å². The topological polar surface area (TPSA) is 75.7 Å². The molecule has 0 spiro atoms. The van der Waals surface area contributed by atoms with Crippen LogP contribution in [0.4, 0.5) is 0 Å². The first-order valence-corrected chi connectivity index (χ1v) is 11.4. The maximum absolute atomic E-state index is 12.7. The van der Waals surface area contributed by atoms with Crippen molar-refractivity contribution in [3.63, 3.8) is 0 Å². The van der Waals surface area contributed by atoms with Gasteiger partial charge in [-0.2, -0.15) is 4.31 Å². The molecule has 6 nitrogen and oxygen atoms in total. The molecule has 1 heterocycles. The van der Waals surface area contributed by atoms with Gasteiger partial charge in [0.1, 0.15) is 5.75 Å². The summed E-state index contributed by atoms with van der Waals surface area (Å²) in [7, 11) is -3.44. The largest absolute Gasteiger partial charge is 0.484 e. The van der Waals surface area contributed by atoms with E-state index < -0.39 is 10.0 Å². The normalized spacial score (nSPS) is 15.1. The molecule has 0 aromatic heterocycles. The number of benzene rings is 2. The van der Waals surface area contributed by atoms with Gasteiger partial charge in [0.15, 0.2) is 6.61 Å². The van der Waals surface area contributed by atoms with Crippen molar-refractivity contribution in [3.05, 3.63) is 58.6 Å². The molecule has 0 aliphatic carbocycles. The number of halogens is 1.